The maximum absolute atomic E-state index is 10.5. The zero-order valence-electron chi connectivity index (χ0n) is 8.67. The fourth-order valence-electron chi connectivity index (χ4n) is 1.62. The zero-order chi connectivity index (χ0) is 11.3. The molecule has 0 atom stereocenters. The third-order valence-electron chi connectivity index (χ3n) is 2.55. The molecule has 0 bridgehead atoms. The molecule has 2 N–H and O–H groups in total. The standard InChI is InChI=1S/C8H18N2O4S.Ba.2H/c11-7-5-9-1-3-10(4-2-9)6-8-15(12,13)14;;;/h11H,1-8H2,(H,12,13,14);;;. The summed E-state index contributed by atoms with van der Waals surface area (Å²) in [4.78, 5) is 4.13. The number of nitrogens with zero attached hydrogens (tertiary/aromatic N) is 2. The average Bonchev–Trinajstić information content (AvgIpc) is 2.16. The predicted molar refractivity (Wildman–Crippen MR) is 64.9 cm³/mol. The van der Waals surface area contributed by atoms with Gasteiger partial charge in [0.05, 0.1) is 12.4 Å². The third kappa shape index (κ3) is 7.64. The molecule has 0 unspecified atom stereocenters. The summed E-state index contributed by atoms with van der Waals surface area (Å²) in [5.74, 6) is -0.201. The number of β-amino-alcohol motifs (C(OH)–C–C–N with tert-alkyl or cyclic N) is 1. The SMILES string of the molecule is O=S(=O)(O)CCN1CCN(CCO)CC1.[BaH2]. The van der Waals surface area contributed by atoms with E-state index in [4.69, 9.17) is 9.66 Å². The number of aliphatic hydroxyl groups excluding tert-OH is 1. The summed E-state index contributed by atoms with van der Waals surface area (Å²) in [5, 5.41) is 8.73. The molecule has 1 fully saturated rings. The topological polar surface area (TPSA) is 81.1 Å². The van der Waals surface area contributed by atoms with E-state index in [1.54, 1.807) is 0 Å². The van der Waals surface area contributed by atoms with Gasteiger partial charge in [-0.15, -0.1) is 0 Å². The van der Waals surface area contributed by atoms with E-state index in [9.17, 15) is 8.42 Å². The van der Waals surface area contributed by atoms with Gasteiger partial charge in [-0.3, -0.25) is 14.4 Å². The van der Waals surface area contributed by atoms with E-state index in [-0.39, 0.29) is 61.2 Å². The quantitative estimate of drug-likeness (QED) is 0.410. The molecule has 0 aromatic heterocycles. The fraction of sp³-hybridized carbons (Fsp3) is 1.00. The van der Waals surface area contributed by atoms with E-state index >= 15 is 0 Å². The molecular weight excluding hydrogens is 357 g/mol. The number of piperazine rings is 1. The first-order valence-electron chi connectivity index (χ1n) is 5.02. The number of hydrogen-bond acceptors (Lipinski definition) is 5. The van der Waals surface area contributed by atoms with Crippen LogP contribution in [0.4, 0.5) is 0 Å². The molecule has 0 aromatic rings. The van der Waals surface area contributed by atoms with Crippen molar-refractivity contribution in [1.29, 1.82) is 0 Å². The van der Waals surface area contributed by atoms with Crippen LogP contribution in [0.1, 0.15) is 0 Å². The van der Waals surface area contributed by atoms with E-state index in [1.807, 2.05) is 4.90 Å². The third-order valence-corrected chi connectivity index (χ3v) is 3.25. The van der Waals surface area contributed by atoms with E-state index in [2.05, 4.69) is 4.90 Å². The Morgan fingerprint density at radius 3 is 1.81 bits per heavy atom. The van der Waals surface area contributed by atoms with Gasteiger partial charge in [-0.1, -0.05) is 0 Å². The van der Waals surface area contributed by atoms with Crippen LogP contribution in [0.15, 0.2) is 0 Å². The molecule has 1 rings (SSSR count). The Kier molecular flexibility index (Phi) is 9.18. The summed E-state index contributed by atoms with van der Waals surface area (Å²) in [6.45, 7) is 4.46. The molecule has 0 aliphatic carbocycles. The van der Waals surface area contributed by atoms with Crippen molar-refractivity contribution in [3.05, 3.63) is 0 Å². The van der Waals surface area contributed by atoms with Crippen molar-refractivity contribution in [1.82, 2.24) is 9.80 Å². The maximum atomic E-state index is 10.5. The summed E-state index contributed by atoms with van der Waals surface area (Å²) >= 11 is 0. The van der Waals surface area contributed by atoms with Gasteiger partial charge in [0.2, 0.25) is 0 Å². The summed E-state index contributed by atoms with van der Waals surface area (Å²) in [6, 6.07) is 0. The van der Waals surface area contributed by atoms with Gasteiger partial charge in [0, 0.05) is 39.3 Å². The molecule has 0 radical (unpaired) electrons. The van der Waals surface area contributed by atoms with Gasteiger partial charge in [-0.05, 0) is 0 Å². The molecule has 0 amide bonds. The van der Waals surface area contributed by atoms with Crippen LogP contribution in [0.2, 0.25) is 0 Å². The van der Waals surface area contributed by atoms with Gasteiger partial charge in [0.1, 0.15) is 0 Å². The molecule has 0 saturated carbocycles. The Morgan fingerprint density at radius 2 is 1.44 bits per heavy atom. The van der Waals surface area contributed by atoms with Gasteiger partial charge in [-0.2, -0.15) is 8.42 Å². The second-order valence-electron chi connectivity index (χ2n) is 3.69. The van der Waals surface area contributed by atoms with Gasteiger partial charge >= 0.3 is 48.9 Å². The van der Waals surface area contributed by atoms with Crippen molar-refractivity contribution < 1.29 is 18.1 Å². The van der Waals surface area contributed by atoms with Gasteiger partial charge in [0.15, 0.2) is 0 Å². The molecule has 16 heavy (non-hydrogen) atoms. The molecule has 1 aliphatic rings. The predicted octanol–water partition coefficient (Wildman–Crippen LogP) is -2.43. The number of aliphatic hydroxyl groups is 1. The molecule has 6 nitrogen and oxygen atoms in total. The molecule has 1 saturated heterocycles. The van der Waals surface area contributed by atoms with Crippen molar-refractivity contribution in [2.45, 2.75) is 0 Å². The minimum absolute atomic E-state index is 0. The van der Waals surface area contributed by atoms with E-state index in [0.717, 1.165) is 26.2 Å². The van der Waals surface area contributed by atoms with Crippen LogP contribution in [0, 0.1) is 0 Å². The molecule has 0 spiro atoms. The van der Waals surface area contributed by atoms with Gasteiger partial charge < -0.3 is 5.11 Å². The molecule has 1 aliphatic heterocycles. The van der Waals surface area contributed by atoms with E-state index < -0.39 is 10.1 Å². The van der Waals surface area contributed by atoms with Crippen LogP contribution < -0.4 is 0 Å². The van der Waals surface area contributed by atoms with E-state index in [0.29, 0.717) is 13.1 Å². The second-order valence-corrected chi connectivity index (χ2v) is 5.27. The molecular formula is C8H20BaN2O4S. The summed E-state index contributed by atoms with van der Waals surface area (Å²) in [6.07, 6.45) is 0. The Hall–Kier alpha value is 1.36. The van der Waals surface area contributed by atoms with Crippen molar-refractivity contribution in [3.63, 3.8) is 0 Å². The van der Waals surface area contributed by atoms with Crippen LogP contribution in [-0.2, 0) is 10.1 Å². The Balaban J connectivity index is 0.00000225. The summed E-state index contributed by atoms with van der Waals surface area (Å²) in [7, 11) is -3.84. The van der Waals surface area contributed by atoms with Crippen molar-refractivity contribution in [2.24, 2.45) is 0 Å². The van der Waals surface area contributed by atoms with Gasteiger partial charge in [0.25, 0.3) is 10.1 Å². The van der Waals surface area contributed by atoms with Crippen LogP contribution in [0.25, 0.3) is 0 Å². The van der Waals surface area contributed by atoms with Crippen molar-refractivity contribution >= 4 is 59.0 Å². The first-order valence-corrected chi connectivity index (χ1v) is 6.63. The average molecular weight is 378 g/mol. The fourth-order valence-corrected chi connectivity index (χ4v) is 2.11. The Labute approximate surface area is 137 Å². The normalized spacial score (nSPS) is 19.4. The summed E-state index contributed by atoms with van der Waals surface area (Å²) < 4.78 is 29.6. The molecule has 0 aromatic carbocycles. The van der Waals surface area contributed by atoms with Crippen LogP contribution in [0.3, 0.4) is 0 Å². The van der Waals surface area contributed by atoms with Crippen molar-refractivity contribution in [2.75, 3.05) is 51.6 Å². The molecule has 8 heteroatoms. The Morgan fingerprint density at radius 1 is 1.00 bits per heavy atom. The molecule has 94 valence electrons. The minimum atomic E-state index is -3.84. The molecule has 1 heterocycles. The first-order chi connectivity index (χ1) is 7.01. The van der Waals surface area contributed by atoms with Crippen LogP contribution >= 0.6 is 0 Å². The first kappa shape index (κ1) is 17.4. The van der Waals surface area contributed by atoms with E-state index in [1.165, 1.54) is 0 Å². The number of hydrogen-bond donors (Lipinski definition) is 2. The van der Waals surface area contributed by atoms with Crippen molar-refractivity contribution in [3.8, 4) is 0 Å². The number of rotatable bonds is 5. The summed E-state index contributed by atoms with van der Waals surface area (Å²) in [5.41, 5.74) is 0. The zero-order valence-corrected chi connectivity index (χ0v) is 9.49. The van der Waals surface area contributed by atoms with Crippen LogP contribution in [-0.4, -0.2) is 128 Å². The Bertz CT molecular complexity index is 278. The van der Waals surface area contributed by atoms with Gasteiger partial charge in [-0.25, -0.2) is 0 Å². The second kappa shape index (κ2) is 8.46. The van der Waals surface area contributed by atoms with Crippen LogP contribution in [0.5, 0.6) is 0 Å². The monoisotopic (exact) mass is 378 g/mol.